The van der Waals surface area contributed by atoms with Crippen molar-refractivity contribution in [2.45, 2.75) is 43.9 Å². The first kappa shape index (κ1) is 16.9. The van der Waals surface area contributed by atoms with Crippen LogP contribution >= 0.6 is 11.3 Å². The van der Waals surface area contributed by atoms with E-state index >= 15 is 0 Å². The molecule has 2 aliphatic rings. The fourth-order valence-electron chi connectivity index (χ4n) is 3.80. The molecule has 0 saturated carbocycles. The summed E-state index contributed by atoms with van der Waals surface area (Å²) in [7, 11) is 2.18. The van der Waals surface area contributed by atoms with E-state index in [4.69, 9.17) is 10.5 Å². The second-order valence-electron chi connectivity index (χ2n) is 6.65. The Morgan fingerprint density at radius 3 is 3.04 bits per heavy atom. The number of nitrogens with two attached hydrogens (primary N) is 1. The Balaban J connectivity index is 1.56. The van der Waals surface area contributed by atoms with Gasteiger partial charge < -0.3 is 15.8 Å². The van der Waals surface area contributed by atoms with Gasteiger partial charge in [0, 0.05) is 24.0 Å². The maximum Gasteiger partial charge on any atom is 0.249 e. The number of carbonyl (C=O) groups is 1. The second kappa shape index (κ2) is 7.75. The molecule has 0 radical (unpaired) electrons. The van der Waals surface area contributed by atoms with Crippen LogP contribution in [-0.2, 0) is 9.53 Å². The summed E-state index contributed by atoms with van der Waals surface area (Å²) >= 11 is 1.81. The highest BCUT2D eigenvalue weighted by molar-refractivity contribution is 7.10. The lowest BCUT2D eigenvalue weighted by molar-refractivity contribution is -0.132. The summed E-state index contributed by atoms with van der Waals surface area (Å²) in [5, 5.41) is 5.26. The van der Waals surface area contributed by atoms with Gasteiger partial charge in [0.1, 0.15) is 6.10 Å². The van der Waals surface area contributed by atoms with Crippen molar-refractivity contribution >= 4 is 17.2 Å². The quantitative estimate of drug-likeness (QED) is 0.859. The van der Waals surface area contributed by atoms with Gasteiger partial charge in [0.25, 0.3) is 0 Å². The third-order valence-electron chi connectivity index (χ3n) is 5.04. The number of nitrogens with zero attached hydrogens (tertiary/aromatic N) is 1. The van der Waals surface area contributed by atoms with Crippen molar-refractivity contribution in [3.05, 3.63) is 22.4 Å². The number of hydrogen-bond donors (Lipinski definition) is 2. The van der Waals surface area contributed by atoms with Gasteiger partial charge in [-0.2, -0.15) is 0 Å². The lowest BCUT2D eigenvalue weighted by Gasteiger charge is -2.39. The number of ether oxygens (including phenoxy) is 1. The van der Waals surface area contributed by atoms with Crippen LogP contribution in [0, 0.1) is 5.92 Å². The minimum Gasteiger partial charge on any atom is -0.364 e. The normalized spacial score (nSPS) is 32.1. The van der Waals surface area contributed by atoms with Gasteiger partial charge in [-0.15, -0.1) is 11.3 Å². The molecule has 3 heterocycles. The zero-order valence-corrected chi connectivity index (χ0v) is 14.6. The summed E-state index contributed by atoms with van der Waals surface area (Å²) in [5.74, 6) is 0.488. The Bertz CT molecular complexity index is 508. The number of likely N-dealkylation sites (tertiary alicyclic amines) is 1. The van der Waals surface area contributed by atoms with Gasteiger partial charge in [-0.25, -0.2) is 0 Å². The molecule has 1 aromatic rings. The minimum absolute atomic E-state index is 0.0270. The molecule has 2 aliphatic heterocycles. The molecule has 0 aromatic carbocycles. The molecule has 5 nitrogen and oxygen atoms in total. The van der Waals surface area contributed by atoms with E-state index in [0.717, 1.165) is 32.4 Å². The van der Waals surface area contributed by atoms with Crippen molar-refractivity contribution in [1.82, 2.24) is 10.2 Å². The summed E-state index contributed by atoms with van der Waals surface area (Å²) in [6.07, 6.45) is 3.75. The highest BCUT2D eigenvalue weighted by Gasteiger charge is 2.33. The van der Waals surface area contributed by atoms with E-state index in [2.05, 4.69) is 34.8 Å². The third-order valence-corrected chi connectivity index (χ3v) is 5.99. The number of amides is 1. The van der Waals surface area contributed by atoms with E-state index in [-0.39, 0.29) is 18.1 Å². The molecule has 128 valence electrons. The molecule has 2 saturated heterocycles. The van der Waals surface area contributed by atoms with Crippen molar-refractivity contribution in [1.29, 1.82) is 0 Å². The molecule has 0 spiro atoms. The number of hydrogen-bond acceptors (Lipinski definition) is 5. The summed E-state index contributed by atoms with van der Waals surface area (Å²) < 4.78 is 5.69. The zero-order valence-electron chi connectivity index (χ0n) is 13.7. The van der Waals surface area contributed by atoms with Crippen LogP contribution in [0.1, 0.15) is 36.6 Å². The molecule has 0 bridgehead atoms. The number of nitrogens with one attached hydrogen (secondary N) is 1. The predicted molar refractivity (Wildman–Crippen MR) is 92.4 cm³/mol. The molecule has 6 heteroatoms. The molecule has 3 N–H and O–H groups in total. The lowest BCUT2D eigenvalue weighted by Crippen LogP contribution is -2.44. The van der Waals surface area contributed by atoms with Crippen LogP contribution in [0.5, 0.6) is 0 Å². The first-order valence-electron chi connectivity index (χ1n) is 8.56. The summed E-state index contributed by atoms with van der Waals surface area (Å²) in [5.41, 5.74) is 5.61. The number of carbonyl (C=O) groups excluding carboxylic acids is 1. The molecule has 2 unspecified atom stereocenters. The molecule has 1 amide bonds. The van der Waals surface area contributed by atoms with Crippen LogP contribution < -0.4 is 11.1 Å². The molecule has 4 atom stereocenters. The van der Waals surface area contributed by atoms with Gasteiger partial charge in [0.2, 0.25) is 5.91 Å². The van der Waals surface area contributed by atoms with Crippen LogP contribution in [0.3, 0.4) is 0 Å². The molecule has 1 aromatic heterocycles. The molecule has 0 aliphatic carbocycles. The van der Waals surface area contributed by atoms with E-state index in [0.29, 0.717) is 18.5 Å². The maximum atomic E-state index is 12.3. The van der Waals surface area contributed by atoms with Crippen LogP contribution in [-0.4, -0.2) is 49.7 Å². The van der Waals surface area contributed by atoms with Crippen molar-refractivity contribution in [3.63, 3.8) is 0 Å². The third kappa shape index (κ3) is 3.94. The van der Waals surface area contributed by atoms with Crippen molar-refractivity contribution < 1.29 is 9.53 Å². The van der Waals surface area contributed by atoms with Crippen molar-refractivity contribution in [3.8, 4) is 0 Å². The van der Waals surface area contributed by atoms with Gasteiger partial charge in [-0.1, -0.05) is 6.07 Å². The maximum absolute atomic E-state index is 12.3. The van der Waals surface area contributed by atoms with Gasteiger partial charge in [0.15, 0.2) is 0 Å². The van der Waals surface area contributed by atoms with E-state index in [9.17, 15) is 4.79 Å². The van der Waals surface area contributed by atoms with Gasteiger partial charge in [-0.3, -0.25) is 9.69 Å². The summed E-state index contributed by atoms with van der Waals surface area (Å²) in [4.78, 5) is 16.2. The first-order valence-corrected chi connectivity index (χ1v) is 9.44. The second-order valence-corrected chi connectivity index (χ2v) is 7.63. The van der Waals surface area contributed by atoms with Gasteiger partial charge in [-0.05, 0) is 56.6 Å². The smallest absolute Gasteiger partial charge is 0.249 e. The highest BCUT2D eigenvalue weighted by atomic mass is 32.1. The van der Waals surface area contributed by atoms with Crippen LogP contribution in [0.15, 0.2) is 17.5 Å². The Hall–Kier alpha value is -0.950. The molecule has 23 heavy (non-hydrogen) atoms. The van der Waals surface area contributed by atoms with Crippen LogP contribution in [0.2, 0.25) is 0 Å². The highest BCUT2D eigenvalue weighted by Crippen LogP contribution is 2.36. The summed E-state index contributed by atoms with van der Waals surface area (Å²) in [6, 6.07) is 4.72. The molecule has 3 rings (SSSR count). The minimum atomic E-state index is -0.315. The van der Waals surface area contributed by atoms with E-state index < -0.39 is 0 Å². The molecule has 2 fully saturated rings. The van der Waals surface area contributed by atoms with E-state index in [1.54, 1.807) is 11.3 Å². The number of piperidine rings is 1. The van der Waals surface area contributed by atoms with Crippen LogP contribution in [0.25, 0.3) is 0 Å². The van der Waals surface area contributed by atoms with Crippen LogP contribution in [0.4, 0.5) is 0 Å². The predicted octanol–water partition coefficient (Wildman–Crippen LogP) is 1.75. The van der Waals surface area contributed by atoms with Gasteiger partial charge in [0.05, 0.1) is 6.10 Å². The van der Waals surface area contributed by atoms with E-state index in [1.165, 1.54) is 11.3 Å². The average molecular weight is 337 g/mol. The average Bonchev–Trinajstić information content (AvgIpc) is 3.23. The Morgan fingerprint density at radius 2 is 2.35 bits per heavy atom. The van der Waals surface area contributed by atoms with Crippen molar-refractivity contribution in [2.24, 2.45) is 11.7 Å². The number of thiophene rings is 1. The molecular formula is C17H27N3O2S. The fourth-order valence-corrected chi connectivity index (χ4v) is 4.78. The standard InChI is InChI=1S/C17H27N3O2S/c1-20-8-2-4-12(16(20)15-5-3-9-23-15)11-19-17(21)14-7-6-13(10-18)22-14/h3,5,9,12-14,16H,2,4,6-8,10-11,18H2,1H3,(H,19,21)/t12?,13-,14+,16?/m1/s1. The van der Waals surface area contributed by atoms with Crippen molar-refractivity contribution in [2.75, 3.05) is 26.7 Å². The monoisotopic (exact) mass is 337 g/mol. The van der Waals surface area contributed by atoms with E-state index in [1.807, 2.05) is 0 Å². The zero-order chi connectivity index (χ0) is 16.2. The van der Waals surface area contributed by atoms with Gasteiger partial charge >= 0.3 is 0 Å². The summed E-state index contributed by atoms with van der Waals surface area (Å²) in [6.45, 7) is 2.34. The lowest BCUT2D eigenvalue weighted by atomic mass is 9.88. The Morgan fingerprint density at radius 1 is 1.48 bits per heavy atom. The first-order chi connectivity index (χ1) is 11.2. The SMILES string of the molecule is CN1CCCC(CNC(=O)[C@@H]2CC[C@H](CN)O2)C1c1cccs1. The number of rotatable bonds is 5. The topological polar surface area (TPSA) is 67.6 Å². The Labute approximate surface area is 142 Å². The molecular weight excluding hydrogens is 310 g/mol. The Kier molecular flexibility index (Phi) is 5.69. The fraction of sp³-hybridized carbons (Fsp3) is 0.706. The largest absolute Gasteiger partial charge is 0.364 e.